The molecule has 0 saturated heterocycles. The number of hydrogen-bond donors (Lipinski definition) is 2. The second-order valence-electron chi connectivity index (χ2n) is 5.72. The van der Waals surface area contributed by atoms with E-state index in [1.54, 1.807) is 6.07 Å². The van der Waals surface area contributed by atoms with Gasteiger partial charge >= 0.3 is 0 Å². The number of nitro benzene ring substituents is 1. The van der Waals surface area contributed by atoms with Crippen LogP contribution >= 0.6 is 0 Å². The molecule has 2 rings (SSSR count). The number of carbonyl (C=O) groups is 2. The van der Waals surface area contributed by atoms with Crippen molar-refractivity contribution >= 4 is 23.2 Å². The maximum absolute atomic E-state index is 11.9. The first-order chi connectivity index (χ1) is 11.1. The molecular weight excluding hydrogens is 298 g/mol. The zero-order valence-electron chi connectivity index (χ0n) is 12.9. The summed E-state index contributed by atoms with van der Waals surface area (Å²) in [6, 6.07) is 6.15. The average molecular weight is 319 g/mol. The average Bonchev–Trinajstić information content (AvgIpc) is 2.54. The van der Waals surface area contributed by atoms with E-state index in [0.717, 1.165) is 25.7 Å². The van der Waals surface area contributed by atoms with E-state index in [4.69, 9.17) is 0 Å². The molecule has 124 valence electrons. The molecule has 0 unspecified atom stereocenters. The van der Waals surface area contributed by atoms with Crippen LogP contribution < -0.4 is 10.6 Å². The first-order valence-electron chi connectivity index (χ1n) is 7.89. The van der Waals surface area contributed by atoms with Gasteiger partial charge in [0.1, 0.15) is 5.69 Å². The number of para-hydroxylation sites is 2. The van der Waals surface area contributed by atoms with Gasteiger partial charge in [-0.1, -0.05) is 31.4 Å². The standard InChI is InChI=1S/C16H21N3O4/c20-15(17-12-6-2-1-3-7-12)10-11-16(21)18-13-8-4-5-9-14(13)19(22)23/h4-5,8-9,12H,1-3,6-7,10-11H2,(H,17,20)(H,18,21). The van der Waals surface area contributed by atoms with E-state index in [1.807, 2.05) is 0 Å². The molecule has 0 heterocycles. The molecule has 0 aliphatic heterocycles. The Labute approximate surface area is 134 Å². The molecule has 1 saturated carbocycles. The monoisotopic (exact) mass is 319 g/mol. The van der Waals surface area contributed by atoms with Gasteiger partial charge in [-0.2, -0.15) is 0 Å². The Kier molecular flexibility index (Phi) is 6.08. The molecule has 2 N–H and O–H groups in total. The molecule has 1 aliphatic carbocycles. The van der Waals surface area contributed by atoms with Gasteiger partial charge in [0, 0.05) is 24.9 Å². The van der Waals surface area contributed by atoms with Crippen molar-refractivity contribution in [3.05, 3.63) is 34.4 Å². The van der Waals surface area contributed by atoms with Gasteiger partial charge in [0.25, 0.3) is 5.69 Å². The molecule has 0 spiro atoms. The lowest BCUT2D eigenvalue weighted by molar-refractivity contribution is -0.383. The van der Waals surface area contributed by atoms with Crippen LogP contribution in [0.4, 0.5) is 11.4 Å². The molecule has 0 radical (unpaired) electrons. The summed E-state index contributed by atoms with van der Waals surface area (Å²) < 4.78 is 0. The van der Waals surface area contributed by atoms with E-state index < -0.39 is 10.8 Å². The summed E-state index contributed by atoms with van der Waals surface area (Å²) >= 11 is 0. The fraction of sp³-hybridized carbons (Fsp3) is 0.500. The lowest BCUT2D eigenvalue weighted by Crippen LogP contribution is -2.36. The Morgan fingerprint density at radius 2 is 1.74 bits per heavy atom. The minimum Gasteiger partial charge on any atom is -0.353 e. The molecule has 23 heavy (non-hydrogen) atoms. The van der Waals surface area contributed by atoms with Crippen molar-refractivity contribution in [3.63, 3.8) is 0 Å². The van der Waals surface area contributed by atoms with Crippen LogP contribution in [0.15, 0.2) is 24.3 Å². The van der Waals surface area contributed by atoms with Gasteiger partial charge in [-0.3, -0.25) is 19.7 Å². The van der Waals surface area contributed by atoms with E-state index in [-0.39, 0.29) is 36.2 Å². The molecule has 1 aromatic rings. The van der Waals surface area contributed by atoms with E-state index in [1.165, 1.54) is 24.6 Å². The Balaban J connectivity index is 1.78. The third kappa shape index (κ3) is 5.36. The van der Waals surface area contributed by atoms with Gasteiger partial charge < -0.3 is 10.6 Å². The highest BCUT2D eigenvalue weighted by Crippen LogP contribution is 2.23. The van der Waals surface area contributed by atoms with Crippen LogP contribution in [0.2, 0.25) is 0 Å². The normalized spacial score (nSPS) is 15.0. The smallest absolute Gasteiger partial charge is 0.292 e. The molecule has 7 nitrogen and oxygen atoms in total. The zero-order chi connectivity index (χ0) is 16.7. The predicted molar refractivity (Wildman–Crippen MR) is 86.0 cm³/mol. The quantitative estimate of drug-likeness (QED) is 0.621. The van der Waals surface area contributed by atoms with E-state index in [2.05, 4.69) is 10.6 Å². The second-order valence-corrected chi connectivity index (χ2v) is 5.72. The fourth-order valence-electron chi connectivity index (χ4n) is 2.73. The molecule has 7 heteroatoms. The number of carbonyl (C=O) groups excluding carboxylic acids is 2. The van der Waals surface area contributed by atoms with Gasteiger partial charge in [-0.15, -0.1) is 0 Å². The lowest BCUT2D eigenvalue weighted by Gasteiger charge is -2.22. The van der Waals surface area contributed by atoms with Crippen molar-refractivity contribution in [1.29, 1.82) is 0 Å². The van der Waals surface area contributed by atoms with Crippen molar-refractivity contribution in [2.45, 2.75) is 51.0 Å². The summed E-state index contributed by atoms with van der Waals surface area (Å²) in [5, 5.41) is 16.3. The highest BCUT2D eigenvalue weighted by Gasteiger charge is 2.18. The maximum atomic E-state index is 11.9. The number of nitro groups is 1. The van der Waals surface area contributed by atoms with Crippen LogP contribution in [-0.4, -0.2) is 22.8 Å². The van der Waals surface area contributed by atoms with Crippen molar-refractivity contribution in [3.8, 4) is 0 Å². The van der Waals surface area contributed by atoms with Crippen LogP contribution in [0, 0.1) is 10.1 Å². The minimum atomic E-state index is -0.550. The SMILES string of the molecule is O=C(CCC(=O)NC1CCCCC1)Nc1ccccc1[N+](=O)[O-]. The number of nitrogens with one attached hydrogen (secondary N) is 2. The number of benzene rings is 1. The first kappa shape index (κ1) is 16.9. The topological polar surface area (TPSA) is 101 Å². The zero-order valence-corrected chi connectivity index (χ0v) is 12.9. The Morgan fingerprint density at radius 3 is 2.43 bits per heavy atom. The number of anilines is 1. The molecular formula is C16H21N3O4. The molecule has 2 amide bonds. The molecule has 0 atom stereocenters. The fourth-order valence-corrected chi connectivity index (χ4v) is 2.73. The number of nitrogens with zero attached hydrogens (tertiary/aromatic N) is 1. The van der Waals surface area contributed by atoms with Gasteiger partial charge in [0.15, 0.2) is 0 Å². The van der Waals surface area contributed by atoms with Crippen LogP contribution in [0.5, 0.6) is 0 Å². The van der Waals surface area contributed by atoms with Crippen molar-refractivity contribution in [1.82, 2.24) is 5.32 Å². The number of hydrogen-bond acceptors (Lipinski definition) is 4. The van der Waals surface area contributed by atoms with Gasteiger partial charge in [-0.05, 0) is 18.9 Å². The minimum absolute atomic E-state index is 0.00457. The third-order valence-electron chi connectivity index (χ3n) is 3.92. The van der Waals surface area contributed by atoms with Crippen LogP contribution in [0.3, 0.4) is 0 Å². The predicted octanol–water partition coefficient (Wildman–Crippen LogP) is 2.76. The molecule has 1 fully saturated rings. The summed E-state index contributed by atoms with van der Waals surface area (Å²) in [5.74, 6) is -0.548. The molecule has 0 aromatic heterocycles. The highest BCUT2D eigenvalue weighted by atomic mass is 16.6. The summed E-state index contributed by atoms with van der Waals surface area (Å²) in [5.41, 5.74) is -0.0114. The van der Waals surface area contributed by atoms with Gasteiger partial charge in [-0.25, -0.2) is 0 Å². The lowest BCUT2D eigenvalue weighted by atomic mass is 9.95. The molecule has 1 aromatic carbocycles. The summed E-state index contributed by atoms with van der Waals surface area (Å²) in [4.78, 5) is 34.0. The summed E-state index contributed by atoms with van der Waals surface area (Å²) in [6.45, 7) is 0. The Hall–Kier alpha value is -2.44. The number of rotatable bonds is 6. The van der Waals surface area contributed by atoms with E-state index in [9.17, 15) is 19.7 Å². The van der Waals surface area contributed by atoms with Crippen molar-refractivity contribution in [2.24, 2.45) is 0 Å². The third-order valence-corrected chi connectivity index (χ3v) is 3.92. The van der Waals surface area contributed by atoms with Gasteiger partial charge in [0.2, 0.25) is 11.8 Å². The largest absolute Gasteiger partial charge is 0.353 e. The molecule has 1 aliphatic rings. The van der Waals surface area contributed by atoms with Gasteiger partial charge in [0.05, 0.1) is 4.92 Å². The summed E-state index contributed by atoms with van der Waals surface area (Å²) in [7, 11) is 0. The van der Waals surface area contributed by atoms with Crippen LogP contribution in [0.25, 0.3) is 0 Å². The Bertz CT molecular complexity index is 582. The van der Waals surface area contributed by atoms with E-state index in [0.29, 0.717) is 0 Å². The second kappa shape index (κ2) is 8.26. The van der Waals surface area contributed by atoms with Crippen molar-refractivity contribution in [2.75, 3.05) is 5.32 Å². The van der Waals surface area contributed by atoms with Crippen molar-refractivity contribution < 1.29 is 14.5 Å². The maximum Gasteiger partial charge on any atom is 0.292 e. The summed E-state index contributed by atoms with van der Waals surface area (Å²) in [6.07, 6.45) is 5.55. The van der Waals surface area contributed by atoms with Crippen LogP contribution in [-0.2, 0) is 9.59 Å². The van der Waals surface area contributed by atoms with E-state index >= 15 is 0 Å². The number of amides is 2. The first-order valence-corrected chi connectivity index (χ1v) is 7.89. The van der Waals surface area contributed by atoms with Crippen LogP contribution in [0.1, 0.15) is 44.9 Å². The molecule has 0 bridgehead atoms. The highest BCUT2D eigenvalue weighted by molar-refractivity contribution is 5.95. The Morgan fingerprint density at radius 1 is 1.09 bits per heavy atom.